The normalized spacial score (nSPS) is 20.1. The van der Waals surface area contributed by atoms with E-state index in [0.29, 0.717) is 6.42 Å². The van der Waals surface area contributed by atoms with Crippen molar-refractivity contribution in [2.45, 2.75) is 31.7 Å². The van der Waals surface area contributed by atoms with Crippen molar-refractivity contribution < 1.29 is 29.0 Å². The second kappa shape index (κ2) is 7.81. The lowest BCUT2D eigenvalue weighted by molar-refractivity contribution is -0.146. The Bertz CT molecular complexity index is 642. The Labute approximate surface area is 139 Å². The first kappa shape index (κ1) is 17.8. The zero-order valence-electron chi connectivity index (χ0n) is 13.7. The van der Waals surface area contributed by atoms with E-state index in [2.05, 4.69) is 10.1 Å². The lowest BCUT2D eigenvalue weighted by Crippen LogP contribution is -2.40. The van der Waals surface area contributed by atoms with Gasteiger partial charge < -0.3 is 19.9 Å². The molecule has 1 amide bonds. The van der Waals surface area contributed by atoms with Crippen LogP contribution in [-0.2, 0) is 14.3 Å². The van der Waals surface area contributed by atoms with Gasteiger partial charge in [-0.25, -0.2) is 4.79 Å². The summed E-state index contributed by atoms with van der Waals surface area (Å²) in [4.78, 5) is 35.6. The summed E-state index contributed by atoms with van der Waals surface area (Å²) in [5.74, 6) is -1.81. The smallest absolute Gasteiger partial charge is 0.337 e. The summed E-state index contributed by atoms with van der Waals surface area (Å²) in [7, 11) is 2.59. The van der Waals surface area contributed by atoms with Crippen molar-refractivity contribution in [1.82, 2.24) is 5.32 Å². The fourth-order valence-electron chi connectivity index (χ4n) is 2.93. The molecule has 1 aromatic rings. The Morgan fingerprint density at radius 2 is 1.92 bits per heavy atom. The van der Waals surface area contributed by atoms with Crippen LogP contribution in [0.2, 0.25) is 0 Å². The second-order valence-corrected chi connectivity index (χ2v) is 5.78. The molecule has 1 saturated carbocycles. The van der Waals surface area contributed by atoms with Crippen molar-refractivity contribution in [1.29, 1.82) is 0 Å². The van der Waals surface area contributed by atoms with Crippen LogP contribution < -0.4 is 5.32 Å². The molecule has 1 fully saturated rings. The predicted molar refractivity (Wildman–Crippen MR) is 84.7 cm³/mol. The summed E-state index contributed by atoms with van der Waals surface area (Å²) in [5.41, 5.74) is 0.176. The van der Waals surface area contributed by atoms with Crippen LogP contribution >= 0.6 is 0 Å². The predicted octanol–water partition coefficient (Wildman–Crippen LogP) is 1.64. The molecule has 0 spiro atoms. The summed E-state index contributed by atoms with van der Waals surface area (Å²) in [6, 6.07) is 3.76. The lowest BCUT2D eigenvalue weighted by atomic mass is 9.85. The van der Waals surface area contributed by atoms with E-state index in [-0.39, 0.29) is 34.8 Å². The highest BCUT2D eigenvalue weighted by atomic mass is 16.5. The number of hydrogen-bond acceptors (Lipinski definition) is 6. The number of aromatic hydroxyl groups is 1. The number of nitrogens with one attached hydrogen (secondary N) is 1. The van der Waals surface area contributed by atoms with E-state index in [0.717, 1.165) is 19.3 Å². The van der Waals surface area contributed by atoms with Crippen LogP contribution in [0.3, 0.4) is 0 Å². The number of carbonyl (C=O) groups is 3. The SMILES string of the molecule is COC(=O)c1ccc(O)c(C(=O)N[C@H]2CCC[C@@H](C(=O)OC)C2)c1. The quantitative estimate of drug-likeness (QED) is 0.811. The standard InChI is InChI=1S/C17H21NO6/c1-23-16(21)10-4-3-5-12(8-10)18-15(20)13-9-11(17(22)24-2)6-7-14(13)19/h6-7,9-10,12,19H,3-5,8H2,1-2H3,(H,18,20)/t10-,12+/m1/s1. The maximum Gasteiger partial charge on any atom is 0.337 e. The summed E-state index contributed by atoms with van der Waals surface area (Å²) in [6.45, 7) is 0. The third-order valence-corrected chi connectivity index (χ3v) is 4.21. The average Bonchev–Trinajstić information content (AvgIpc) is 2.60. The van der Waals surface area contributed by atoms with Gasteiger partial charge >= 0.3 is 11.9 Å². The van der Waals surface area contributed by atoms with Crippen molar-refractivity contribution >= 4 is 17.8 Å². The molecule has 130 valence electrons. The van der Waals surface area contributed by atoms with E-state index < -0.39 is 11.9 Å². The van der Waals surface area contributed by atoms with Gasteiger partial charge in [0.25, 0.3) is 5.91 Å². The van der Waals surface area contributed by atoms with E-state index in [9.17, 15) is 19.5 Å². The summed E-state index contributed by atoms with van der Waals surface area (Å²) < 4.78 is 9.37. The number of phenolic OH excluding ortho intramolecular Hbond substituents is 1. The average molecular weight is 335 g/mol. The molecule has 2 N–H and O–H groups in total. The number of carbonyl (C=O) groups excluding carboxylic acids is 3. The van der Waals surface area contributed by atoms with Gasteiger partial charge in [-0.3, -0.25) is 9.59 Å². The molecule has 0 heterocycles. The highest BCUT2D eigenvalue weighted by Crippen LogP contribution is 2.26. The van der Waals surface area contributed by atoms with E-state index in [1.54, 1.807) is 0 Å². The summed E-state index contributed by atoms with van der Waals surface area (Å²) in [5, 5.41) is 12.7. The third-order valence-electron chi connectivity index (χ3n) is 4.21. The topological polar surface area (TPSA) is 102 Å². The maximum atomic E-state index is 12.4. The largest absolute Gasteiger partial charge is 0.507 e. The number of methoxy groups -OCH3 is 2. The zero-order valence-corrected chi connectivity index (χ0v) is 13.7. The summed E-state index contributed by atoms with van der Waals surface area (Å²) >= 11 is 0. The first-order valence-electron chi connectivity index (χ1n) is 7.76. The van der Waals surface area contributed by atoms with Crippen molar-refractivity contribution in [2.75, 3.05) is 14.2 Å². The minimum Gasteiger partial charge on any atom is -0.507 e. The van der Waals surface area contributed by atoms with Crippen molar-refractivity contribution in [3.63, 3.8) is 0 Å². The Morgan fingerprint density at radius 3 is 2.58 bits per heavy atom. The first-order chi connectivity index (χ1) is 11.5. The van der Waals surface area contributed by atoms with Gasteiger partial charge in [0.05, 0.1) is 31.3 Å². The van der Waals surface area contributed by atoms with Crippen LogP contribution in [0, 0.1) is 5.92 Å². The van der Waals surface area contributed by atoms with Gasteiger partial charge in [0.1, 0.15) is 5.75 Å². The van der Waals surface area contributed by atoms with E-state index >= 15 is 0 Å². The van der Waals surface area contributed by atoms with Gasteiger partial charge in [-0.1, -0.05) is 6.42 Å². The van der Waals surface area contributed by atoms with Crippen molar-refractivity contribution in [2.24, 2.45) is 5.92 Å². The number of benzene rings is 1. The van der Waals surface area contributed by atoms with Crippen LogP contribution in [-0.4, -0.2) is 43.2 Å². The van der Waals surface area contributed by atoms with E-state index in [4.69, 9.17) is 4.74 Å². The van der Waals surface area contributed by atoms with Gasteiger partial charge in [-0.05, 0) is 37.5 Å². The van der Waals surface area contributed by atoms with Gasteiger partial charge in [0.2, 0.25) is 0 Å². The monoisotopic (exact) mass is 335 g/mol. The number of esters is 2. The van der Waals surface area contributed by atoms with Gasteiger partial charge in [0.15, 0.2) is 0 Å². The maximum absolute atomic E-state index is 12.4. The van der Waals surface area contributed by atoms with Crippen molar-refractivity contribution in [3.8, 4) is 5.75 Å². The lowest BCUT2D eigenvalue weighted by Gasteiger charge is -2.28. The third kappa shape index (κ3) is 4.04. The van der Waals surface area contributed by atoms with Crippen LogP contribution in [0.15, 0.2) is 18.2 Å². The highest BCUT2D eigenvalue weighted by Gasteiger charge is 2.29. The molecule has 7 heteroatoms. The molecule has 1 aliphatic carbocycles. The molecule has 0 radical (unpaired) electrons. The number of rotatable bonds is 4. The second-order valence-electron chi connectivity index (χ2n) is 5.78. The van der Waals surface area contributed by atoms with Crippen LogP contribution in [0.1, 0.15) is 46.4 Å². The van der Waals surface area contributed by atoms with Crippen molar-refractivity contribution in [3.05, 3.63) is 29.3 Å². The molecule has 24 heavy (non-hydrogen) atoms. The summed E-state index contributed by atoms with van der Waals surface area (Å²) in [6.07, 6.45) is 2.79. The Hall–Kier alpha value is -2.57. The molecular formula is C17H21NO6. The number of amides is 1. The van der Waals surface area contributed by atoms with Gasteiger partial charge in [-0.2, -0.15) is 0 Å². The molecule has 0 saturated heterocycles. The fourth-order valence-corrected chi connectivity index (χ4v) is 2.93. The number of phenols is 1. The molecule has 7 nitrogen and oxygen atoms in total. The van der Waals surface area contributed by atoms with E-state index in [1.807, 2.05) is 0 Å². The van der Waals surface area contributed by atoms with Crippen LogP contribution in [0.25, 0.3) is 0 Å². The Kier molecular flexibility index (Phi) is 5.78. The molecule has 1 aliphatic rings. The molecule has 0 unspecified atom stereocenters. The van der Waals surface area contributed by atoms with Crippen LogP contribution in [0.5, 0.6) is 5.75 Å². The van der Waals surface area contributed by atoms with E-state index in [1.165, 1.54) is 32.4 Å². The zero-order chi connectivity index (χ0) is 17.7. The fraction of sp³-hybridized carbons (Fsp3) is 0.471. The number of ether oxygens (including phenoxy) is 2. The van der Waals surface area contributed by atoms with Gasteiger partial charge in [-0.15, -0.1) is 0 Å². The molecule has 0 aromatic heterocycles. The number of hydrogen-bond donors (Lipinski definition) is 2. The molecule has 2 rings (SSSR count). The molecule has 0 aliphatic heterocycles. The Balaban J connectivity index is 2.09. The Morgan fingerprint density at radius 1 is 1.17 bits per heavy atom. The molecule has 0 bridgehead atoms. The minimum absolute atomic E-state index is 0.00177. The van der Waals surface area contributed by atoms with Gasteiger partial charge in [0, 0.05) is 6.04 Å². The van der Waals surface area contributed by atoms with Crippen LogP contribution in [0.4, 0.5) is 0 Å². The molecular weight excluding hydrogens is 314 g/mol. The molecule has 1 aromatic carbocycles. The first-order valence-corrected chi connectivity index (χ1v) is 7.76. The molecule has 2 atom stereocenters. The minimum atomic E-state index is -0.590. The highest BCUT2D eigenvalue weighted by molar-refractivity contribution is 6.00.